The van der Waals surface area contributed by atoms with Crippen LogP contribution in [-0.4, -0.2) is 35.4 Å². The normalized spacial score (nSPS) is 16.6. The van der Waals surface area contributed by atoms with Gasteiger partial charge in [-0.1, -0.05) is 0 Å². The summed E-state index contributed by atoms with van der Waals surface area (Å²) in [4.78, 5) is 20.7. The molecule has 0 aromatic carbocycles. The molecule has 1 aliphatic rings. The van der Waals surface area contributed by atoms with Crippen molar-refractivity contribution in [3.05, 3.63) is 0 Å². The number of amides is 1. The molecule has 0 bridgehead atoms. The van der Waals surface area contributed by atoms with Gasteiger partial charge in [-0.05, 0) is 0 Å². The van der Waals surface area contributed by atoms with Gasteiger partial charge in [0.2, 0.25) is 0 Å². The Hall–Kier alpha value is -1.67. The number of aliphatic carboxylic acids is 1. The number of carboxylic acid groups (broad SMARTS) is 1. The quantitative estimate of drug-likeness (QED) is 0.742. The molecule has 0 unspecified atom stereocenters. The van der Waals surface area contributed by atoms with Gasteiger partial charge in [0, 0.05) is 25.8 Å². The second-order valence-electron chi connectivity index (χ2n) is 3.58. The molecule has 1 aliphatic heterocycles. The van der Waals surface area contributed by atoms with Crippen LogP contribution >= 0.6 is 0 Å². The van der Waals surface area contributed by atoms with E-state index in [4.69, 9.17) is 5.11 Å². The van der Waals surface area contributed by atoms with E-state index in [1.54, 1.807) is 5.32 Å². The Morgan fingerprint density at radius 2 is 1.82 bits per heavy atom. The Bertz CT molecular complexity index is 348. The summed E-state index contributed by atoms with van der Waals surface area (Å²) in [7, 11) is 0. The van der Waals surface area contributed by atoms with Gasteiger partial charge in [-0.3, -0.25) is 9.59 Å². The highest BCUT2D eigenvalue weighted by Crippen LogP contribution is 2.36. The number of nitrogens with zero attached hydrogens (tertiary/aromatic N) is 2. The van der Waals surface area contributed by atoms with Gasteiger partial charge in [0.1, 0.15) is 0 Å². The minimum Gasteiger partial charge on any atom is -0.481 e. The molecule has 2 N–H and O–H groups in total. The number of carbonyl (C=O) groups is 2. The lowest BCUT2D eigenvalue weighted by Gasteiger charge is -2.11. The Balaban J connectivity index is 2.23. The monoisotopic (exact) mass is 253 g/mol. The molecule has 17 heavy (non-hydrogen) atoms. The maximum atomic E-state index is 11.8. The third-order valence-corrected chi connectivity index (χ3v) is 2.19. The predicted molar refractivity (Wildman–Crippen MR) is 48.1 cm³/mol. The Morgan fingerprint density at radius 1 is 1.24 bits per heavy atom. The van der Waals surface area contributed by atoms with Crippen molar-refractivity contribution in [1.29, 1.82) is 0 Å². The molecule has 0 saturated heterocycles. The van der Waals surface area contributed by atoms with E-state index < -0.39 is 23.7 Å². The lowest BCUT2D eigenvalue weighted by Crippen LogP contribution is -2.38. The third kappa shape index (κ3) is 4.37. The lowest BCUT2D eigenvalue weighted by atomic mass is 10.0. The Kier molecular flexibility index (Phi) is 3.69. The summed E-state index contributed by atoms with van der Waals surface area (Å²) in [5, 5.41) is 17.3. The standard InChI is InChI=1S/C8H10F3N3O3/c9-8(10,11)6(17)12-4-3-7(13-14-7)2-1-5(15)16/h1-4H2,(H,12,17)(H,15,16). The van der Waals surface area contributed by atoms with E-state index in [0.29, 0.717) is 0 Å². The van der Waals surface area contributed by atoms with Crippen LogP contribution in [0.1, 0.15) is 19.3 Å². The molecule has 0 aromatic rings. The summed E-state index contributed by atoms with van der Waals surface area (Å²) in [5.74, 6) is -3.05. The van der Waals surface area contributed by atoms with E-state index in [1.807, 2.05) is 0 Å². The van der Waals surface area contributed by atoms with Crippen LogP contribution in [0, 0.1) is 0 Å². The predicted octanol–water partition coefficient (Wildman–Crippen LogP) is 1.08. The summed E-state index contributed by atoms with van der Waals surface area (Å²) < 4.78 is 35.4. The highest BCUT2D eigenvalue weighted by atomic mass is 19.4. The molecule has 0 fully saturated rings. The molecule has 0 atom stereocenters. The van der Waals surface area contributed by atoms with Crippen molar-refractivity contribution >= 4 is 11.9 Å². The van der Waals surface area contributed by atoms with Crippen molar-refractivity contribution in [3.8, 4) is 0 Å². The number of carboxylic acids is 1. The van der Waals surface area contributed by atoms with Gasteiger partial charge in [-0.15, -0.1) is 0 Å². The van der Waals surface area contributed by atoms with E-state index in [0.717, 1.165) is 0 Å². The summed E-state index contributed by atoms with van der Waals surface area (Å²) >= 11 is 0. The van der Waals surface area contributed by atoms with Crippen LogP contribution in [0.25, 0.3) is 0 Å². The molecule has 0 radical (unpaired) electrons. The summed E-state index contributed by atoms with van der Waals surface area (Å²) in [5.41, 5.74) is -0.919. The van der Waals surface area contributed by atoms with Crippen molar-refractivity contribution in [3.63, 3.8) is 0 Å². The van der Waals surface area contributed by atoms with Gasteiger partial charge in [0.15, 0.2) is 5.66 Å². The maximum Gasteiger partial charge on any atom is 0.471 e. The van der Waals surface area contributed by atoms with E-state index >= 15 is 0 Å². The molecule has 6 nitrogen and oxygen atoms in total. The second kappa shape index (κ2) is 4.68. The number of nitrogens with one attached hydrogen (secondary N) is 1. The van der Waals surface area contributed by atoms with Gasteiger partial charge < -0.3 is 10.4 Å². The Morgan fingerprint density at radius 3 is 2.24 bits per heavy atom. The van der Waals surface area contributed by atoms with Crippen molar-refractivity contribution in [2.24, 2.45) is 10.2 Å². The highest BCUT2D eigenvalue weighted by molar-refractivity contribution is 5.81. The topological polar surface area (TPSA) is 91.1 Å². The fraction of sp³-hybridized carbons (Fsp3) is 0.750. The van der Waals surface area contributed by atoms with E-state index in [2.05, 4.69) is 10.2 Å². The Labute approximate surface area is 93.9 Å². The van der Waals surface area contributed by atoms with Crippen molar-refractivity contribution < 1.29 is 27.9 Å². The number of hydrogen-bond acceptors (Lipinski definition) is 4. The van der Waals surface area contributed by atoms with Crippen LogP contribution in [0.2, 0.25) is 0 Å². The molecule has 0 aromatic heterocycles. The lowest BCUT2D eigenvalue weighted by molar-refractivity contribution is -0.173. The third-order valence-electron chi connectivity index (χ3n) is 2.19. The largest absolute Gasteiger partial charge is 0.481 e. The molecule has 96 valence electrons. The molecule has 1 rings (SSSR count). The van der Waals surface area contributed by atoms with E-state index in [-0.39, 0.29) is 25.8 Å². The van der Waals surface area contributed by atoms with Crippen molar-refractivity contribution in [2.45, 2.75) is 31.1 Å². The number of alkyl halides is 3. The van der Waals surface area contributed by atoms with Gasteiger partial charge in [0.25, 0.3) is 0 Å². The first kappa shape index (κ1) is 13.4. The first-order valence-electron chi connectivity index (χ1n) is 4.76. The van der Waals surface area contributed by atoms with Gasteiger partial charge in [-0.2, -0.15) is 23.4 Å². The van der Waals surface area contributed by atoms with Crippen LogP contribution in [0.3, 0.4) is 0 Å². The van der Waals surface area contributed by atoms with Crippen molar-refractivity contribution in [2.75, 3.05) is 6.54 Å². The molecule has 1 heterocycles. The van der Waals surface area contributed by atoms with Crippen LogP contribution < -0.4 is 5.32 Å². The van der Waals surface area contributed by atoms with E-state index in [9.17, 15) is 22.8 Å². The fourth-order valence-electron chi connectivity index (χ4n) is 1.18. The van der Waals surface area contributed by atoms with Gasteiger partial charge in [-0.25, -0.2) is 0 Å². The molecular formula is C8H10F3N3O3. The smallest absolute Gasteiger partial charge is 0.471 e. The van der Waals surface area contributed by atoms with Crippen LogP contribution in [0.15, 0.2) is 10.2 Å². The number of halogens is 3. The second-order valence-corrected chi connectivity index (χ2v) is 3.58. The minimum atomic E-state index is -4.91. The molecule has 1 amide bonds. The summed E-state index contributed by atoms with van der Waals surface area (Å²) in [6.45, 7) is -0.245. The SMILES string of the molecule is O=C(O)CCC1(CCNC(=O)C(F)(F)F)N=N1. The van der Waals surface area contributed by atoms with E-state index in [1.165, 1.54) is 0 Å². The first-order valence-corrected chi connectivity index (χ1v) is 4.76. The first-order chi connectivity index (χ1) is 7.75. The molecular weight excluding hydrogens is 243 g/mol. The highest BCUT2D eigenvalue weighted by Gasteiger charge is 2.42. The molecule has 0 saturated carbocycles. The maximum absolute atomic E-state index is 11.8. The molecule has 0 aliphatic carbocycles. The summed E-state index contributed by atoms with van der Waals surface area (Å²) in [6, 6.07) is 0. The van der Waals surface area contributed by atoms with Crippen LogP contribution in [0.5, 0.6) is 0 Å². The van der Waals surface area contributed by atoms with Crippen molar-refractivity contribution in [1.82, 2.24) is 5.32 Å². The minimum absolute atomic E-state index is 0.0715. The number of carbonyl (C=O) groups excluding carboxylic acids is 1. The van der Waals surface area contributed by atoms with Crippen LogP contribution in [0.4, 0.5) is 13.2 Å². The zero-order valence-electron chi connectivity index (χ0n) is 8.62. The zero-order chi connectivity index (χ0) is 13.1. The zero-order valence-corrected chi connectivity index (χ0v) is 8.62. The summed E-state index contributed by atoms with van der Waals surface area (Å²) in [6.07, 6.45) is -4.88. The number of rotatable bonds is 6. The fourth-order valence-corrected chi connectivity index (χ4v) is 1.18. The average Bonchev–Trinajstić information content (AvgIpc) is 2.94. The van der Waals surface area contributed by atoms with Gasteiger partial charge >= 0.3 is 18.1 Å². The number of hydrogen-bond donors (Lipinski definition) is 2. The van der Waals surface area contributed by atoms with Crippen LogP contribution in [-0.2, 0) is 9.59 Å². The molecule has 9 heteroatoms. The molecule has 0 spiro atoms. The van der Waals surface area contributed by atoms with Gasteiger partial charge in [0.05, 0.1) is 0 Å². The average molecular weight is 253 g/mol.